The van der Waals surface area contributed by atoms with Crippen LogP contribution in [0.2, 0.25) is 0 Å². The molecule has 1 amide bonds. The van der Waals surface area contributed by atoms with Gasteiger partial charge in [0.25, 0.3) is 5.91 Å². The van der Waals surface area contributed by atoms with Crippen molar-refractivity contribution in [2.24, 2.45) is 0 Å². The van der Waals surface area contributed by atoms with Gasteiger partial charge < -0.3 is 19.9 Å². The van der Waals surface area contributed by atoms with Gasteiger partial charge >= 0.3 is 0 Å². The van der Waals surface area contributed by atoms with Gasteiger partial charge in [-0.15, -0.1) is 0 Å². The lowest BCUT2D eigenvalue weighted by Gasteiger charge is -2.32. The monoisotopic (exact) mass is 355 g/mol. The average Bonchev–Trinajstić information content (AvgIpc) is 2.66. The molecule has 0 unspecified atom stereocenters. The summed E-state index contributed by atoms with van der Waals surface area (Å²) < 4.78 is 5.82. The maximum atomic E-state index is 12.2. The molecule has 0 aromatic heterocycles. The van der Waals surface area contributed by atoms with Gasteiger partial charge in [0.05, 0.1) is 0 Å². The molecular weight excluding hydrogens is 326 g/mol. The molecule has 0 saturated carbocycles. The summed E-state index contributed by atoms with van der Waals surface area (Å²) in [4.78, 5) is 17.1. The van der Waals surface area contributed by atoms with Crippen LogP contribution in [0.4, 0.5) is 0 Å². The first-order chi connectivity index (χ1) is 12.6. The number of rotatable bonds is 7. The molecule has 1 aliphatic rings. The minimum atomic E-state index is -0.500. The van der Waals surface area contributed by atoms with Crippen molar-refractivity contribution < 1.29 is 9.53 Å². The second kappa shape index (κ2) is 9.01. The van der Waals surface area contributed by atoms with Crippen LogP contribution in [0.3, 0.4) is 0 Å². The van der Waals surface area contributed by atoms with Crippen LogP contribution < -0.4 is 10.1 Å². The molecule has 1 fully saturated rings. The lowest BCUT2D eigenvalue weighted by atomic mass is 10.1. The van der Waals surface area contributed by atoms with Crippen molar-refractivity contribution in [2.45, 2.75) is 19.4 Å². The van der Waals surface area contributed by atoms with E-state index in [0.29, 0.717) is 6.54 Å². The molecule has 1 aliphatic heterocycles. The zero-order valence-electron chi connectivity index (χ0n) is 15.8. The molecule has 1 N–H and O–H groups in total. The highest BCUT2D eigenvalue weighted by Crippen LogP contribution is 2.21. The summed E-state index contributed by atoms with van der Waals surface area (Å²) in [5, 5.41) is 5.27. The zero-order chi connectivity index (χ0) is 18.4. The normalized spacial score (nSPS) is 17.2. The number of likely N-dealkylation sites (N-methyl/N-ethyl adjacent to an activating group) is 1. The molecule has 0 aliphatic carbocycles. The second-order valence-electron chi connectivity index (χ2n) is 7.06. The molecule has 2 aromatic rings. The number of nitrogens with zero attached hydrogens (tertiary/aromatic N) is 2. The van der Waals surface area contributed by atoms with Crippen LogP contribution in [0.15, 0.2) is 42.5 Å². The van der Waals surface area contributed by atoms with Crippen molar-refractivity contribution in [1.29, 1.82) is 0 Å². The van der Waals surface area contributed by atoms with Crippen molar-refractivity contribution in [3.63, 3.8) is 0 Å². The highest BCUT2D eigenvalue weighted by atomic mass is 16.5. The fraction of sp³-hybridized carbons (Fsp3) is 0.476. The standard InChI is InChI=1S/C21H29N3O2/c1-17(26-20-9-8-18-6-3-4-7-19(18)16-20)21(25)22-10-5-11-24-14-12-23(2)13-15-24/h3-4,6-9,16-17H,5,10-15H2,1-2H3,(H,22,25)/t17-/m1/s1. The molecule has 1 saturated heterocycles. The minimum Gasteiger partial charge on any atom is -0.481 e. The molecule has 1 heterocycles. The molecule has 0 spiro atoms. The lowest BCUT2D eigenvalue weighted by molar-refractivity contribution is -0.127. The van der Waals surface area contributed by atoms with Gasteiger partial charge in [-0.05, 0) is 49.8 Å². The summed E-state index contributed by atoms with van der Waals surface area (Å²) >= 11 is 0. The predicted molar refractivity (Wildman–Crippen MR) is 106 cm³/mol. The van der Waals surface area contributed by atoms with E-state index in [1.54, 1.807) is 6.92 Å². The van der Waals surface area contributed by atoms with Gasteiger partial charge in [0, 0.05) is 32.7 Å². The number of carbonyl (C=O) groups excluding carboxylic acids is 1. The maximum absolute atomic E-state index is 12.2. The van der Waals surface area contributed by atoms with Gasteiger partial charge in [-0.3, -0.25) is 4.79 Å². The summed E-state index contributed by atoms with van der Waals surface area (Å²) in [7, 11) is 2.16. The highest BCUT2D eigenvalue weighted by molar-refractivity contribution is 5.84. The predicted octanol–water partition coefficient (Wildman–Crippen LogP) is 2.36. The molecular formula is C21H29N3O2. The Bertz CT molecular complexity index is 726. The molecule has 0 radical (unpaired) electrons. The van der Waals surface area contributed by atoms with E-state index in [1.165, 1.54) is 5.39 Å². The summed E-state index contributed by atoms with van der Waals surface area (Å²) in [6.07, 6.45) is 0.470. The molecule has 5 heteroatoms. The fourth-order valence-electron chi connectivity index (χ4n) is 3.23. The molecule has 140 valence electrons. The smallest absolute Gasteiger partial charge is 0.260 e. The first-order valence-electron chi connectivity index (χ1n) is 9.46. The molecule has 3 rings (SSSR count). The molecule has 1 atom stereocenters. The largest absolute Gasteiger partial charge is 0.481 e. The quantitative estimate of drug-likeness (QED) is 0.775. The molecule has 5 nitrogen and oxygen atoms in total. The van der Waals surface area contributed by atoms with Crippen molar-refractivity contribution in [2.75, 3.05) is 46.3 Å². The van der Waals surface area contributed by atoms with E-state index in [9.17, 15) is 4.79 Å². The number of amides is 1. The third kappa shape index (κ3) is 5.19. The number of nitrogens with one attached hydrogen (secondary N) is 1. The number of ether oxygens (including phenoxy) is 1. The summed E-state index contributed by atoms with van der Waals surface area (Å²) in [6, 6.07) is 14.0. The Kier molecular flexibility index (Phi) is 6.47. The Labute approximate surface area is 155 Å². The Morgan fingerprint density at radius 2 is 1.85 bits per heavy atom. The van der Waals surface area contributed by atoms with Crippen LogP contribution in [-0.4, -0.2) is 68.1 Å². The number of hydrogen-bond donors (Lipinski definition) is 1. The Morgan fingerprint density at radius 3 is 2.62 bits per heavy atom. The van der Waals surface area contributed by atoms with E-state index in [0.717, 1.165) is 50.3 Å². The van der Waals surface area contributed by atoms with E-state index in [2.05, 4.69) is 28.2 Å². The van der Waals surface area contributed by atoms with Crippen molar-refractivity contribution >= 4 is 16.7 Å². The SMILES string of the molecule is C[C@@H](Oc1ccc2ccccc2c1)C(=O)NCCCN1CCN(C)CC1. The number of piperazine rings is 1. The van der Waals surface area contributed by atoms with Crippen molar-refractivity contribution in [3.05, 3.63) is 42.5 Å². The van der Waals surface area contributed by atoms with Crippen LogP contribution in [0.5, 0.6) is 5.75 Å². The molecule has 26 heavy (non-hydrogen) atoms. The van der Waals surface area contributed by atoms with Gasteiger partial charge in [-0.25, -0.2) is 0 Å². The van der Waals surface area contributed by atoms with Crippen molar-refractivity contribution in [3.8, 4) is 5.75 Å². The number of carbonyl (C=O) groups is 1. The van der Waals surface area contributed by atoms with Crippen LogP contribution in [0.1, 0.15) is 13.3 Å². The maximum Gasteiger partial charge on any atom is 0.260 e. The summed E-state index contributed by atoms with van der Waals surface area (Å²) in [5.41, 5.74) is 0. The van der Waals surface area contributed by atoms with E-state index in [-0.39, 0.29) is 5.91 Å². The van der Waals surface area contributed by atoms with Gasteiger partial charge in [0.2, 0.25) is 0 Å². The number of benzene rings is 2. The van der Waals surface area contributed by atoms with E-state index < -0.39 is 6.10 Å². The van der Waals surface area contributed by atoms with Gasteiger partial charge in [-0.1, -0.05) is 30.3 Å². The van der Waals surface area contributed by atoms with Gasteiger partial charge in [0.1, 0.15) is 5.75 Å². The Balaban J connectivity index is 1.39. The minimum absolute atomic E-state index is 0.0588. The molecule has 2 aromatic carbocycles. The first-order valence-corrected chi connectivity index (χ1v) is 9.46. The number of hydrogen-bond acceptors (Lipinski definition) is 4. The zero-order valence-corrected chi connectivity index (χ0v) is 15.8. The average molecular weight is 355 g/mol. The highest BCUT2D eigenvalue weighted by Gasteiger charge is 2.16. The Morgan fingerprint density at radius 1 is 1.12 bits per heavy atom. The van der Waals surface area contributed by atoms with Gasteiger partial charge in [0.15, 0.2) is 6.10 Å². The third-order valence-electron chi connectivity index (χ3n) is 4.95. The third-order valence-corrected chi connectivity index (χ3v) is 4.95. The fourth-order valence-corrected chi connectivity index (χ4v) is 3.23. The lowest BCUT2D eigenvalue weighted by Crippen LogP contribution is -2.45. The topological polar surface area (TPSA) is 44.8 Å². The summed E-state index contributed by atoms with van der Waals surface area (Å²) in [6.45, 7) is 8.01. The van der Waals surface area contributed by atoms with E-state index >= 15 is 0 Å². The van der Waals surface area contributed by atoms with E-state index in [1.807, 2.05) is 36.4 Å². The van der Waals surface area contributed by atoms with Gasteiger partial charge in [-0.2, -0.15) is 0 Å². The molecule has 0 bridgehead atoms. The first kappa shape index (κ1) is 18.7. The van der Waals surface area contributed by atoms with Crippen LogP contribution in [0, 0.1) is 0 Å². The van der Waals surface area contributed by atoms with Crippen LogP contribution in [0.25, 0.3) is 10.8 Å². The number of fused-ring (bicyclic) bond motifs is 1. The van der Waals surface area contributed by atoms with Crippen LogP contribution >= 0.6 is 0 Å². The van der Waals surface area contributed by atoms with E-state index in [4.69, 9.17) is 4.74 Å². The summed E-state index contributed by atoms with van der Waals surface area (Å²) in [5.74, 6) is 0.667. The Hall–Kier alpha value is -2.11. The van der Waals surface area contributed by atoms with Crippen LogP contribution in [-0.2, 0) is 4.79 Å². The van der Waals surface area contributed by atoms with Crippen molar-refractivity contribution in [1.82, 2.24) is 15.1 Å². The second-order valence-corrected chi connectivity index (χ2v) is 7.06.